The Balaban J connectivity index is 1.92. The zero-order valence-electron chi connectivity index (χ0n) is 12.6. The standard InChI is InChI=1S/C16H28O4/c1-3-5-7-14-9-19-16(20-10-14,8-6-4-2)15-11-17-13-18-12-15/h3,14-15H,1,4-13H2,2H3/t14-,16-. The Labute approximate surface area is 122 Å². The van der Waals surface area contributed by atoms with Crippen LogP contribution < -0.4 is 0 Å². The van der Waals surface area contributed by atoms with E-state index >= 15 is 0 Å². The van der Waals surface area contributed by atoms with Gasteiger partial charge < -0.3 is 18.9 Å². The first-order valence-electron chi connectivity index (χ1n) is 7.85. The summed E-state index contributed by atoms with van der Waals surface area (Å²) in [7, 11) is 0. The molecular formula is C16H28O4. The quantitative estimate of drug-likeness (QED) is 0.673. The lowest BCUT2D eigenvalue weighted by Gasteiger charge is -2.46. The van der Waals surface area contributed by atoms with Crippen LogP contribution in [0.1, 0.15) is 39.0 Å². The fraction of sp³-hybridized carbons (Fsp3) is 0.875. The van der Waals surface area contributed by atoms with Crippen molar-refractivity contribution in [3.8, 4) is 0 Å². The fourth-order valence-corrected chi connectivity index (χ4v) is 2.88. The topological polar surface area (TPSA) is 36.9 Å². The third kappa shape index (κ3) is 4.04. The summed E-state index contributed by atoms with van der Waals surface area (Å²) in [4.78, 5) is 0. The molecule has 0 spiro atoms. The van der Waals surface area contributed by atoms with Gasteiger partial charge in [-0.25, -0.2) is 0 Å². The third-order valence-corrected chi connectivity index (χ3v) is 4.21. The lowest BCUT2D eigenvalue weighted by molar-refractivity contribution is -0.335. The van der Waals surface area contributed by atoms with Gasteiger partial charge in [-0.2, -0.15) is 0 Å². The van der Waals surface area contributed by atoms with Gasteiger partial charge in [0.2, 0.25) is 0 Å². The maximum Gasteiger partial charge on any atom is 0.175 e. The summed E-state index contributed by atoms with van der Waals surface area (Å²) in [5, 5.41) is 0. The van der Waals surface area contributed by atoms with Crippen LogP contribution >= 0.6 is 0 Å². The van der Waals surface area contributed by atoms with Gasteiger partial charge in [0.15, 0.2) is 5.79 Å². The second kappa shape index (κ2) is 8.13. The van der Waals surface area contributed by atoms with E-state index in [1.807, 2.05) is 6.08 Å². The van der Waals surface area contributed by atoms with Crippen LogP contribution in [-0.4, -0.2) is 39.0 Å². The van der Waals surface area contributed by atoms with Crippen molar-refractivity contribution in [2.75, 3.05) is 33.2 Å². The van der Waals surface area contributed by atoms with Crippen LogP contribution in [0.15, 0.2) is 12.7 Å². The predicted molar refractivity (Wildman–Crippen MR) is 77.3 cm³/mol. The molecule has 0 unspecified atom stereocenters. The Morgan fingerprint density at radius 3 is 2.45 bits per heavy atom. The molecule has 0 aromatic heterocycles. The van der Waals surface area contributed by atoms with E-state index in [-0.39, 0.29) is 5.92 Å². The van der Waals surface area contributed by atoms with Gasteiger partial charge in [0.25, 0.3) is 0 Å². The highest BCUT2D eigenvalue weighted by Crippen LogP contribution is 2.36. The Morgan fingerprint density at radius 2 is 1.85 bits per heavy atom. The van der Waals surface area contributed by atoms with E-state index in [2.05, 4.69) is 13.5 Å². The minimum atomic E-state index is -0.499. The third-order valence-electron chi connectivity index (χ3n) is 4.21. The monoisotopic (exact) mass is 284 g/mol. The van der Waals surface area contributed by atoms with E-state index in [0.29, 0.717) is 25.9 Å². The van der Waals surface area contributed by atoms with Gasteiger partial charge >= 0.3 is 0 Å². The van der Waals surface area contributed by atoms with Crippen molar-refractivity contribution in [1.82, 2.24) is 0 Å². The van der Waals surface area contributed by atoms with Gasteiger partial charge in [-0.05, 0) is 19.3 Å². The highest BCUT2D eigenvalue weighted by molar-refractivity contribution is 4.85. The average molecular weight is 284 g/mol. The largest absolute Gasteiger partial charge is 0.355 e. The van der Waals surface area contributed by atoms with Crippen LogP contribution in [0.4, 0.5) is 0 Å². The summed E-state index contributed by atoms with van der Waals surface area (Å²) in [6.45, 7) is 9.24. The number of unbranched alkanes of at least 4 members (excludes halogenated alkanes) is 1. The zero-order chi connectivity index (χ0) is 14.3. The number of allylic oxidation sites excluding steroid dienone is 1. The lowest BCUT2D eigenvalue weighted by Crippen LogP contribution is -2.53. The van der Waals surface area contributed by atoms with Crippen molar-refractivity contribution in [3.05, 3.63) is 12.7 Å². The Kier molecular flexibility index (Phi) is 6.49. The average Bonchev–Trinajstić information content (AvgIpc) is 2.53. The minimum absolute atomic E-state index is 0.183. The predicted octanol–water partition coefficient (Wildman–Crippen LogP) is 3.12. The molecule has 4 heteroatoms. The Hall–Kier alpha value is -0.420. The molecule has 20 heavy (non-hydrogen) atoms. The maximum absolute atomic E-state index is 6.20. The van der Waals surface area contributed by atoms with Crippen LogP contribution in [0.3, 0.4) is 0 Å². The number of ether oxygens (including phenoxy) is 4. The molecule has 4 nitrogen and oxygen atoms in total. The second-order valence-corrected chi connectivity index (χ2v) is 5.83. The molecule has 0 amide bonds. The van der Waals surface area contributed by atoms with Gasteiger partial charge in [-0.1, -0.05) is 19.4 Å². The first-order valence-corrected chi connectivity index (χ1v) is 7.85. The van der Waals surface area contributed by atoms with Crippen LogP contribution in [0.2, 0.25) is 0 Å². The van der Waals surface area contributed by atoms with E-state index in [1.165, 1.54) is 0 Å². The second-order valence-electron chi connectivity index (χ2n) is 5.83. The molecule has 0 radical (unpaired) electrons. The summed E-state index contributed by atoms with van der Waals surface area (Å²) in [5.41, 5.74) is 0. The van der Waals surface area contributed by atoms with Crippen LogP contribution in [0.5, 0.6) is 0 Å². The molecule has 0 bridgehead atoms. The zero-order valence-corrected chi connectivity index (χ0v) is 12.6. The minimum Gasteiger partial charge on any atom is -0.355 e. The van der Waals surface area contributed by atoms with Crippen LogP contribution in [0, 0.1) is 11.8 Å². The summed E-state index contributed by atoms with van der Waals surface area (Å²) in [6, 6.07) is 0. The van der Waals surface area contributed by atoms with E-state index in [1.54, 1.807) is 0 Å². The van der Waals surface area contributed by atoms with Crippen molar-refractivity contribution in [3.63, 3.8) is 0 Å². The lowest BCUT2D eigenvalue weighted by atomic mass is 9.92. The Morgan fingerprint density at radius 1 is 1.15 bits per heavy atom. The number of rotatable bonds is 7. The molecular weight excluding hydrogens is 256 g/mol. The number of hydrogen-bond donors (Lipinski definition) is 0. The summed E-state index contributed by atoms with van der Waals surface area (Å²) in [5.74, 6) is 0.164. The van der Waals surface area contributed by atoms with Crippen molar-refractivity contribution in [2.45, 2.75) is 44.8 Å². The van der Waals surface area contributed by atoms with Crippen LogP contribution in [0.25, 0.3) is 0 Å². The van der Waals surface area contributed by atoms with Crippen molar-refractivity contribution < 1.29 is 18.9 Å². The molecule has 2 rings (SSSR count). The van der Waals surface area contributed by atoms with Crippen molar-refractivity contribution in [2.24, 2.45) is 11.8 Å². The van der Waals surface area contributed by atoms with Gasteiger partial charge in [-0.3, -0.25) is 0 Å². The van der Waals surface area contributed by atoms with E-state index < -0.39 is 5.79 Å². The molecule has 0 aromatic rings. The molecule has 2 saturated heterocycles. The number of hydrogen-bond acceptors (Lipinski definition) is 4. The van der Waals surface area contributed by atoms with Gasteiger partial charge in [0, 0.05) is 12.3 Å². The normalized spacial score (nSPS) is 32.1. The van der Waals surface area contributed by atoms with Gasteiger partial charge in [0.1, 0.15) is 6.79 Å². The summed E-state index contributed by atoms with van der Waals surface area (Å²) in [6.07, 6.45) is 7.24. The first-order chi connectivity index (χ1) is 9.80. The highest BCUT2D eigenvalue weighted by atomic mass is 16.7. The molecule has 0 aliphatic carbocycles. The van der Waals surface area contributed by atoms with Crippen LogP contribution in [-0.2, 0) is 18.9 Å². The smallest absolute Gasteiger partial charge is 0.175 e. The highest BCUT2D eigenvalue weighted by Gasteiger charge is 2.45. The Bertz CT molecular complexity index is 278. The van der Waals surface area contributed by atoms with E-state index in [4.69, 9.17) is 18.9 Å². The first kappa shape index (κ1) is 16.0. The molecule has 0 N–H and O–H groups in total. The summed E-state index contributed by atoms with van der Waals surface area (Å²) >= 11 is 0. The van der Waals surface area contributed by atoms with E-state index in [0.717, 1.165) is 45.3 Å². The fourth-order valence-electron chi connectivity index (χ4n) is 2.88. The molecule has 2 aliphatic heterocycles. The molecule has 2 aliphatic rings. The molecule has 116 valence electrons. The molecule has 2 heterocycles. The van der Waals surface area contributed by atoms with Crippen molar-refractivity contribution >= 4 is 0 Å². The SMILES string of the molecule is C=CCC[C@H]1CO[C@](CCCC)(C2COCOC2)OC1. The molecule has 2 fully saturated rings. The molecule has 0 saturated carbocycles. The summed E-state index contributed by atoms with van der Waals surface area (Å²) < 4.78 is 23.3. The van der Waals surface area contributed by atoms with Gasteiger partial charge in [-0.15, -0.1) is 6.58 Å². The molecule has 0 atom stereocenters. The van der Waals surface area contributed by atoms with E-state index in [9.17, 15) is 0 Å². The molecule has 0 aromatic carbocycles. The van der Waals surface area contributed by atoms with Gasteiger partial charge in [0.05, 0.1) is 32.3 Å². The maximum atomic E-state index is 6.20. The van der Waals surface area contributed by atoms with Crippen molar-refractivity contribution in [1.29, 1.82) is 0 Å².